The Morgan fingerprint density at radius 3 is 2.64 bits per heavy atom. The molecule has 0 aliphatic rings. The van der Waals surface area contributed by atoms with Crippen molar-refractivity contribution in [3.8, 4) is 0 Å². The van der Waals surface area contributed by atoms with Crippen molar-refractivity contribution in [2.75, 3.05) is 0 Å². The molecular formula is C15H14ClN5O3S. The maximum Gasteiger partial charge on any atom is 0.343 e. The average Bonchev–Trinajstić information content (AvgIpc) is 3.11. The van der Waals surface area contributed by atoms with Gasteiger partial charge in [0.1, 0.15) is 5.56 Å². The summed E-state index contributed by atoms with van der Waals surface area (Å²) in [4.78, 5) is 36.7. The standard InChI is InChI=1S/C15H14ClN5O3S/c1-3-21-13(23)10(7-17-21)12(22)9-5-4-8(6-11(9)16)25-15-19-18-14(24)20(15)2/h4-7,17H,3H2,1-2H3,(H,18,24). The van der Waals surface area contributed by atoms with Crippen molar-refractivity contribution in [2.24, 2.45) is 7.05 Å². The molecule has 2 aromatic heterocycles. The fraction of sp³-hybridized carbons (Fsp3) is 0.200. The van der Waals surface area contributed by atoms with Gasteiger partial charge in [-0.3, -0.25) is 18.8 Å². The van der Waals surface area contributed by atoms with Gasteiger partial charge in [0.2, 0.25) is 5.78 Å². The lowest BCUT2D eigenvalue weighted by Crippen LogP contribution is -2.21. The highest BCUT2D eigenvalue weighted by Gasteiger charge is 2.19. The number of H-pyrrole nitrogens is 2. The van der Waals surface area contributed by atoms with E-state index in [9.17, 15) is 14.4 Å². The third-order valence-electron chi connectivity index (χ3n) is 3.63. The molecule has 0 unspecified atom stereocenters. The first-order valence-electron chi connectivity index (χ1n) is 7.34. The molecule has 2 N–H and O–H groups in total. The van der Waals surface area contributed by atoms with Gasteiger partial charge >= 0.3 is 5.69 Å². The maximum absolute atomic E-state index is 12.6. The van der Waals surface area contributed by atoms with E-state index in [0.29, 0.717) is 16.6 Å². The fourth-order valence-electron chi connectivity index (χ4n) is 2.22. The number of carbonyl (C=O) groups excluding carboxylic acids is 1. The molecule has 0 bridgehead atoms. The molecule has 0 atom stereocenters. The molecule has 3 rings (SSSR count). The summed E-state index contributed by atoms with van der Waals surface area (Å²) in [5.41, 5.74) is -0.422. The van der Waals surface area contributed by atoms with Crippen LogP contribution in [0.4, 0.5) is 0 Å². The molecule has 130 valence electrons. The molecule has 0 spiro atoms. The van der Waals surface area contributed by atoms with E-state index in [4.69, 9.17) is 11.6 Å². The van der Waals surface area contributed by atoms with Crippen LogP contribution in [0.15, 0.2) is 44.0 Å². The highest BCUT2D eigenvalue weighted by atomic mass is 35.5. The van der Waals surface area contributed by atoms with Gasteiger partial charge in [0, 0.05) is 30.2 Å². The van der Waals surface area contributed by atoms with Gasteiger partial charge in [-0.2, -0.15) is 0 Å². The molecule has 0 aliphatic carbocycles. The largest absolute Gasteiger partial charge is 0.343 e. The summed E-state index contributed by atoms with van der Waals surface area (Å²) < 4.78 is 2.70. The number of aryl methyl sites for hydroxylation is 1. The zero-order valence-electron chi connectivity index (χ0n) is 13.4. The van der Waals surface area contributed by atoms with Gasteiger partial charge in [-0.15, -0.1) is 5.10 Å². The van der Waals surface area contributed by atoms with E-state index in [2.05, 4.69) is 15.3 Å². The Kier molecular flexibility index (Phi) is 4.69. The second-order valence-electron chi connectivity index (χ2n) is 5.18. The van der Waals surface area contributed by atoms with Crippen LogP contribution in [0.1, 0.15) is 22.8 Å². The summed E-state index contributed by atoms with van der Waals surface area (Å²) in [6.07, 6.45) is 1.38. The number of nitrogens with zero attached hydrogens (tertiary/aromatic N) is 3. The van der Waals surface area contributed by atoms with E-state index in [1.54, 1.807) is 32.2 Å². The molecule has 2 heterocycles. The van der Waals surface area contributed by atoms with Crippen LogP contribution in [0.25, 0.3) is 0 Å². The quantitative estimate of drug-likeness (QED) is 0.656. The molecule has 8 nitrogen and oxygen atoms in total. The van der Waals surface area contributed by atoms with Gasteiger partial charge in [0.25, 0.3) is 5.56 Å². The minimum atomic E-state index is -0.442. The lowest BCUT2D eigenvalue weighted by atomic mass is 10.1. The summed E-state index contributed by atoms with van der Waals surface area (Å²) in [6.45, 7) is 2.24. The van der Waals surface area contributed by atoms with Crippen LogP contribution in [-0.2, 0) is 13.6 Å². The van der Waals surface area contributed by atoms with Crippen LogP contribution in [-0.4, -0.2) is 30.3 Å². The first kappa shape index (κ1) is 17.3. The molecule has 0 fully saturated rings. The fourth-order valence-corrected chi connectivity index (χ4v) is 3.39. The SMILES string of the molecule is CCn1[nH]cc(C(=O)c2ccc(Sc3n[nH]c(=O)n3C)cc2Cl)c1=O. The zero-order chi connectivity index (χ0) is 18.1. The predicted molar refractivity (Wildman–Crippen MR) is 93.6 cm³/mol. The Morgan fingerprint density at radius 1 is 1.32 bits per heavy atom. The van der Waals surface area contributed by atoms with E-state index >= 15 is 0 Å². The number of aromatic nitrogens is 5. The number of halogens is 1. The molecule has 0 amide bonds. The zero-order valence-corrected chi connectivity index (χ0v) is 14.9. The predicted octanol–water partition coefficient (Wildman–Crippen LogP) is 1.65. The Hall–Kier alpha value is -2.52. The van der Waals surface area contributed by atoms with Crippen LogP contribution in [0.5, 0.6) is 0 Å². The monoisotopic (exact) mass is 379 g/mol. The van der Waals surface area contributed by atoms with Crippen molar-refractivity contribution in [2.45, 2.75) is 23.5 Å². The van der Waals surface area contributed by atoms with Crippen molar-refractivity contribution in [1.29, 1.82) is 0 Å². The van der Waals surface area contributed by atoms with Gasteiger partial charge in [0.05, 0.1) is 5.02 Å². The molecule has 3 aromatic rings. The summed E-state index contributed by atoms with van der Waals surface area (Å²) in [6, 6.07) is 4.85. The van der Waals surface area contributed by atoms with Crippen LogP contribution >= 0.6 is 23.4 Å². The molecule has 0 saturated carbocycles. The highest BCUT2D eigenvalue weighted by molar-refractivity contribution is 7.99. The van der Waals surface area contributed by atoms with Crippen LogP contribution in [0.3, 0.4) is 0 Å². The van der Waals surface area contributed by atoms with Crippen molar-refractivity contribution >= 4 is 29.1 Å². The lowest BCUT2D eigenvalue weighted by molar-refractivity contribution is 0.103. The third kappa shape index (κ3) is 3.20. The minimum Gasteiger partial charge on any atom is -0.302 e. The van der Waals surface area contributed by atoms with E-state index < -0.39 is 5.78 Å². The van der Waals surface area contributed by atoms with E-state index in [0.717, 1.165) is 0 Å². The number of ketones is 1. The number of hydrogen-bond acceptors (Lipinski definition) is 5. The number of hydrogen-bond donors (Lipinski definition) is 2. The van der Waals surface area contributed by atoms with Gasteiger partial charge in [-0.05, 0) is 36.9 Å². The van der Waals surface area contributed by atoms with E-state index in [1.165, 1.54) is 27.2 Å². The summed E-state index contributed by atoms with van der Waals surface area (Å²) in [5, 5.41) is 9.67. The number of carbonyl (C=O) groups is 1. The third-order valence-corrected chi connectivity index (χ3v) is 4.98. The summed E-state index contributed by atoms with van der Waals surface area (Å²) in [7, 11) is 1.60. The lowest BCUT2D eigenvalue weighted by Gasteiger charge is -2.05. The second kappa shape index (κ2) is 6.77. The van der Waals surface area contributed by atoms with Crippen LogP contribution < -0.4 is 11.2 Å². The minimum absolute atomic E-state index is 0.0406. The van der Waals surface area contributed by atoms with Gasteiger partial charge < -0.3 is 5.10 Å². The van der Waals surface area contributed by atoms with Crippen molar-refractivity contribution in [3.63, 3.8) is 0 Å². The summed E-state index contributed by atoms with van der Waals surface area (Å²) >= 11 is 7.46. The first-order chi connectivity index (χ1) is 11.9. The van der Waals surface area contributed by atoms with Gasteiger partial charge in [-0.25, -0.2) is 9.89 Å². The molecule has 0 radical (unpaired) electrons. The number of rotatable bonds is 5. The number of aromatic amines is 2. The Bertz CT molecular complexity index is 1060. The average molecular weight is 380 g/mol. The normalized spacial score (nSPS) is 11.0. The number of nitrogens with one attached hydrogen (secondary N) is 2. The van der Waals surface area contributed by atoms with Gasteiger partial charge in [-0.1, -0.05) is 11.6 Å². The first-order valence-corrected chi connectivity index (χ1v) is 8.53. The molecule has 1 aromatic carbocycles. The Labute approximate surface area is 150 Å². The molecule has 0 saturated heterocycles. The van der Waals surface area contributed by atoms with Crippen molar-refractivity contribution in [1.82, 2.24) is 24.5 Å². The van der Waals surface area contributed by atoms with E-state index in [1.807, 2.05) is 0 Å². The Balaban J connectivity index is 1.90. The van der Waals surface area contributed by atoms with E-state index in [-0.39, 0.29) is 27.4 Å². The van der Waals surface area contributed by atoms with Crippen molar-refractivity contribution in [3.05, 3.63) is 61.4 Å². The summed E-state index contributed by atoms with van der Waals surface area (Å²) in [5.74, 6) is -0.442. The highest BCUT2D eigenvalue weighted by Crippen LogP contribution is 2.29. The number of benzene rings is 1. The smallest absolute Gasteiger partial charge is 0.302 e. The second-order valence-corrected chi connectivity index (χ2v) is 6.63. The molecule has 0 aliphatic heterocycles. The maximum atomic E-state index is 12.6. The topological polar surface area (TPSA) is 106 Å². The molecule has 10 heteroatoms. The molecule has 25 heavy (non-hydrogen) atoms. The molecular weight excluding hydrogens is 366 g/mol. The van der Waals surface area contributed by atoms with Crippen LogP contribution in [0, 0.1) is 0 Å². The Morgan fingerprint density at radius 2 is 2.08 bits per heavy atom. The van der Waals surface area contributed by atoms with Crippen LogP contribution in [0.2, 0.25) is 5.02 Å². The van der Waals surface area contributed by atoms with Crippen molar-refractivity contribution < 1.29 is 4.79 Å². The van der Waals surface area contributed by atoms with Gasteiger partial charge in [0.15, 0.2) is 5.16 Å².